The molecule has 4 aromatic heterocycles. The lowest BCUT2D eigenvalue weighted by atomic mass is 10.00. The maximum Gasteiger partial charge on any atom is 0.167 e. The van der Waals surface area contributed by atoms with E-state index < -0.39 is 0 Å². The van der Waals surface area contributed by atoms with E-state index in [0.29, 0.717) is 23.1 Å². The molecule has 0 radical (unpaired) electrons. The van der Waals surface area contributed by atoms with Gasteiger partial charge in [-0.25, -0.2) is 15.0 Å². The van der Waals surface area contributed by atoms with Crippen LogP contribution in [0.5, 0.6) is 0 Å². The normalized spacial score (nSPS) is 12.0. The largest absolute Gasteiger partial charge is 0.455 e. The van der Waals surface area contributed by atoms with Crippen LogP contribution in [0.1, 0.15) is 0 Å². The molecule has 10 aromatic carbocycles. The fourth-order valence-electron chi connectivity index (χ4n) is 9.98. The number of rotatable bonds is 5. The molecule has 0 spiro atoms. The predicted octanol–water partition coefficient (Wildman–Crippen LogP) is 15.7. The minimum atomic E-state index is 0.515. The fourth-order valence-corrected chi connectivity index (χ4v) is 9.98. The van der Waals surface area contributed by atoms with Gasteiger partial charge in [-0.2, -0.15) is 0 Å². The zero-order valence-corrected chi connectivity index (χ0v) is 34.7. The molecule has 14 rings (SSSR count). The maximum atomic E-state index is 6.90. The minimum absolute atomic E-state index is 0.515. The van der Waals surface area contributed by atoms with Crippen molar-refractivity contribution < 1.29 is 8.83 Å². The number of hydrogen-bond donors (Lipinski definition) is 0. The molecule has 0 saturated carbocycles. The first kappa shape index (κ1) is 35.7. The van der Waals surface area contributed by atoms with Gasteiger partial charge in [-0.3, -0.25) is 0 Å². The van der Waals surface area contributed by atoms with E-state index in [1.54, 1.807) is 0 Å². The van der Waals surface area contributed by atoms with Gasteiger partial charge in [0.1, 0.15) is 22.3 Å². The van der Waals surface area contributed by atoms with Gasteiger partial charge in [-0.05, 0) is 93.3 Å². The molecular weight excluding hydrogens is 797 g/mol. The van der Waals surface area contributed by atoms with Gasteiger partial charge in [0.05, 0.1) is 22.2 Å². The number of para-hydroxylation sites is 5. The minimum Gasteiger partial charge on any atom is -0.455 e. The average Bonchev–Trinajstić information content (AvgIpc) is 4.05. The van der Waals surface area contributed by atoms with Crippen LogP contribution < -0.4 is 0 Å². The monoisotopic (exact) mass is 830 g/mol. The van der Waals surface area contributed by atoms with E-state index in [9.17, 15) is 0 Å². The Labute approximate surface area is 371 Å². The van der Waals surface area contributed by atoms with Crippen LogP contribution in [0.3, 0.4) is 0 Å². The zero-order valence-electron chi connectivity index (χ0n) is 34.7. The SMILES string of the molecule is c1ccc(-n2c3ccccc3c3ccc(-c4ccc5c(c4)oc4c(-c6nc(-c7ccc8c(ccc9ccccc98)c7)nc(-c7cccc8c7oc7ccccc78)n6)cccc45)cc32)cc1. The molecule has 0 bridgehead atoms. The Kier molecular flexibility index (Phi) is 7.59. The topological polar surface area (TPSA) is 69.9 Å². The van der Waals surface area contributed by atoms with Crippen molar-refractivity contribution in [1.82, 2.24) is 19.5 Å². The van der Waals surface area contributed by atoms with Crippen LogP contribution in [-0.2, 0) is 0 Å². The van der Waals surface area contributed by atoms with Gasteiger partial charge >= 0.3 is 0 Å². The molecular formula is C59H34N4O2. The van der Waals surface area contributed by atoms with Gasteiger partial charge in [0.25, 0.3) is 0 Å². The second-order valence-corrected chi connectivity index (χ2v) is 16.7. The molecule has 0 aliphatic rings. The van der Waals surface area contributed by atoms with Crippen molar-refractivity contribution in [3.63, 3.8) is 0 Å². The van der Waals surface area contributed by atoms with Crippen LogP contribution in [0.25, 0.3) is 138 Å². The maximum absolute atomic E-state index is 6.90. The highest BCUT2D eigenvalue weighted by Crippen LogP contribution is 2.41. The first-order chi connectivity index (χ1) is 32.2. The first-order valence-electron chi connectivity index (χ1n) is 21.8. The van der Waals surface area contributed by atoms with Crippen LogP contribution in [0.4, 0.5) is 0 Å². The number of fused-ring (bicyclic) bond motifs is 12. The second kappa shape index (κ2) is 13.8. The van der Waals surface area contributed by atoms with Crippen molar-refractivity contribution in [3.8, 4) is 51.0 Å². The molecule has 302 valence electrons. The number of hydrogen-bond acceptors (Lipinski definition) is 5. The summed E-state index contributed by atoms with van der Waals surface area (Å²) in [5, 5.41) is 11.2. The molecule has 0 aliphatic heterocycles. The van der Waals surface area contributed by atoms with Gasteiger partial charge < -0.3 is 13.4 Å². The summed E-state index contributed by atoms with van der Waals surface area (Å²) in [4.78, 5) is 15.7. The molecule has 0 amide bonds. The third kappa shape index (κ3) is 5.51. The summed E-state index contributed by atoms with van der Waals surface area (Å²) in [6.45, 7) is 0. The van der Waals surface area contributed by atoms with Gasteiger partial charge in [0.15, 0.2) is 17.5 Å². The lowest BCUT2D eigenvalue weighted by Gasteiger charge is -2.10. The molecule has 6 nitrogen and oxygen atoms in total. The molecule has 6 heteroatoms. The van der Waals surface area contributed by atoms with Crippen molar-refractivity contribution >= 4 is 87.2 Å². The summed E-state index contributed by atoms with van der Waals surface area (Å²) in [5.74, 6) is 1.60. The van der Waals surface area contributed by atoms with E-state index in [4.69, 9.17) is 23.8 Å². The smallest absolute Gasteiger partial charge is 0.167 e. The van der Waals surface area contributed by atoms with Crippen LogP contribution in [0.15, 0.2) is 215 Å². The highest BCUT2D eigenvalue weighted by molar-refractivity contribution is 6.13. The fraction of sp³-hybridized carbons (Fsp3) is 0. The van der Waals surface area contributed by atoms with Gasteiger partial charge in [0, 0.05) is 43.6 Å². The number of aromatic nitrogens is 4. The Morgan fingerprint density at radius 2 is 0.846 bits per heavy atom. The van der Waals surface area contributed by atoms with Crippen LogP contribution in [0.2, 0.25) is 0 Å². The Morgan fingerprint density at radius 1 is 0.308 bits per heavy atom. The van der Waals surface area contributed by atoms with E-state index in [1.165, 1.54) is 32.4 Å². The lowest BCUT2D eigenvalue weighted by molar-refractivity contribution is 0.669. The highest BCUT2D eigenvalue weighted by Gasteiger charge is 2.21. The van der Waals surface area contributed by atoms with Gasteiger partial charge in [0.2, 0.25) is 0 Å². The van der Waals surface area contributed by atoms with Crippen molar-refractivity contribution in [2.24, 2.45) is 0 Å². The molecule has 0 saturated heterocycles. The Morgan fingerprint density at radius 3 is 1.65 bits per heavy atom. The summed E-state index contributed by atoms with van der Waals surface area (Å²) in [6, 6.07) is 72.2. The van der Waals surface area contributed by atoms with Crippen LogP contribution in [-0.4, -0.2) is 19.5 Å². The first-order valence-corrected chi connectivity index (χ1v) is 21.8. The molecule has 0 atom stereocenters. The average molecular weight is 831 g/mol. The predicted molar refractivity (Wildman–Crippen MR) is 265 cm³/mol. The molecule has 0 N–H and O–H groups in total. The van der Waals surface area contributed by atoms with Crippen molar-refractivity contribution in [2.75, 3.05) is 0 Å². The third-order valence-corrected chi connectivity index (χ3v) is 13.0. The summed E-state index contributed by atoms with van der Waals surface area (Å²) in [7, 11) is 0. The molecule has 14 aromatic rings. The molecule has 4 heterocycles. The number of furan rings is 2. The molecule has 0 aliphatic carbocycles. The van der Waals surface area contributed by atoms with E-state index in [-0.39, 0.29) is 0 Å². The van der Waals surface area contributed by atoms with Gasteiger partial charge in [-0.15, -0.1) is 0 Å². The van der Waals surface area contributed by atoms with Crippen molar-refractivity contribution in [2.45, 2.75) is 0 Å². The molecule has 0 unspecified atom stereocenters. The molecule has 0 fully saturated rings. The third-order valence-electron chi connectivity index (χ3n) is 13.0. The van der Waals surface area contributed by atoms with E-state index in [1.807, 2.05) is 36.4 Å². The van der Waals surface area contributed by atoms with Crippen molar-refractivity contribution in [1.29, 1.82) is 0 Å². The zero-order chi connectivity index (χ0) is 42.6. The Balaban J connectivity index is 0.946. The summed E-state index contributed by atoms with van der Waals surface area (Å²) in [6.07, 6.45) is 0. The summed E-state index contributed by atoms with van der Waals surface area (Å²) >= 11 is 0. The molecule has 65 heavy (non-hydrogen) atoms. The second-order valence-electron chi connectivity index (χ2n) is 16.7. The Hall–Kier alpha value is -8.87. The van der Waals surface area contributed by atoms with Crippen LogP contribution in [0, 0.1) is 0 Å². The van der Waals surface area contributed by atoms with Crippen LogP contribution >= 0.6 is 0 Å². The summed E-state index contributed by atoms with van der Waals surface area (Å²) < 4.78 is 15.8. The quantitative estimate of drug-likeness (QED) is 0.162. The number of nitrogens with zero attached hydrogens (tertiary/aromatic N) is 4. The Bertz CT molecular complexity index is 4250. The van der Waals surface area contributed by atoms with E-state index in [0.717, 1.165) is 82.7 Å². The van der Waals surface area contributed by atoms with E-state index >= 15 is 0 Å². The number of benzene rings is 10. The van der Waals surface area contributed by atoms with E-state index in [2.05, 4.69) is 174 Å². The van der Waals surface area contributed by atoms with Crippen molar-refractivity contribution in [3.05, 3.63) is 206 Å². The standard InChI is InChI=1S/C59H34N4O2/c1-2-13-40(14-3-1)63-51-22-8-6-16-43(51)44-30-26-36(33-52(44)63)37-27-31-46-48-19-11-21-50(56(48)65-54(46)34-37)59-61-57(39-28-29-42-38(32-39)25-24-35-12-4-5-15-41(35)42)60-58(62-59)49-20-10-18-47-45-17-7-9-23-53(45)64-55(47)49/h1-34H. The summed E-state index contributed by atoms with van der Waals surface area (Å²) in [5.41, 5.74) is 11.2. The highest BCUT2D eigenvalue weighted by atomic mass is 16.3. The lowest BCUT2D eigenvalue weighted by Crippen LogP contribution is -2.00. The van der Waals surface area contributed by atoms with Gasteiger partial charge in [-0.1, -0.05) is 146 Å².